The van der Waals surface area contributed by atoms with Crippen LogP contribution < -0.4 is 11.1 Å². The highest BCUT2D eigenvalue weighted by molar-refractivity contribution is 7.90. The van der Waals surface area contributed by atoms with Crippen LogP contribution in [0.3, 0.4) is 0 Å². The maximum atomic E-state index is 13.3. The molecule has 13 nitrogen and oxygen atoms in total. The lowest BCUT2D eigenvalue weighted by molar-refractivity contribution is 0.0844. The van der Waals surface area contributed by atoms with Gasteiger partial charge in [-0.15, -0.1) is 0 Å². The van der Waals surface area contributed by atoms with Crippen molar-refractivity contribution in [1.82, 2.24) is 10.2 Å². The molecular formula is C16H26N4O9P2S. The molecule has 0 bridgehead atoms. The zero-order chi connectivity index (χ0) is 24.5. The van der Waals surface area contributed by atoms with Gasteiger partial charge in [-0.3, -0.25) is 24.2 Å². The molecule has 32 heavy (non-hydrogen) atoms. The van der Waals surface area contributed by atoms with E-state index in [1.807, 2.05) is 0 Å². The predicted octanol–water partition coefficient (Wildman–Crippen LogP) is -0.426. The molecule has 8 N–H and O–H groups in total. The van der Waals surface area contributed by atoms with E-state index in [-0.39, 0.29) is 21.9 Å². The zero-order valence-electron chi connectivity index (χ0n) is 17.1. The fraction of sp³-hybridized carbons (Fsp3) is 0.500. The van der Waals surface area contributed by atoms with Crippen molar-refractivity contribution >= 4 is 36.9 Å². The Morgan fingerprint density at radius 2 is 1.75 bits per heavy atom. The number of rotatable bonds is 7. The summed E-state index contributed by atoms with van der Waals surface area (Å²) in [6.45, 7) is -0.117. The molecule has 180 valence electrons. The van der Waals surface area contributed by atoms with Gasteiger partial charge in [0.15, 0.2) is 21.2 Å². The molecular weight excluding hydrogens is 486 g/mol. The third-order valence-corrected chi connectivity index (χ3v) is 9.94. The number of hydrogen-bond acceptors (Lipinski definition) is 7. The van der Waals surface area contributed by atoms with E-state index >= 15 is 0 Å². The van der Waals surface area contributed by atoms with Gasteiger partial charge in [-0.05, 0) is 49.5 Å². The maximum absolute atomic E-state index is 13.3. The van der Waals surface area contributed by atoms with Gasteiger partial charge in [0.1, 0.15) is 0 Å². The molecule has 1 aliphatic heterocycles. The van der Waals surface area contributed by atoms with Crippen LogP contribution in [0.15, 0.2) is 23.1 Å². The van der Waals surface area contributed by atoms with Crippen molar-refractivity contribution in [3.63, 3.8) is 0 Å². The molecule has 1 aliphatic rings. The summed E-state index contributed by atoms with van der Waals surface area (Å²) in [6, 6.07) is 3.92. The first-order valence-electron chi connectivity index (χ1n) is 9.35. The van der Waals surface area contributed by atoms with Crippen molar-refractivity contribution in [1.29, 1.82) is 5.41 Å². The Morgan fingerprint density at radius 3 is 2.19 bits per heavy atom. The summed E-state index contributed by atoms with van der Waals surface area (Å²) in [7, 11) is -14.6. The fourth-order valence-corrected chi connectivity index (χ4v) is 6.92. The molecule has 0 spiro atoms. The summed E-state index contributed by atoms with van der Waals surface area (Å²) >= 11 is 0. The van der Waals surface area contributed by atoms with Crippen molar-refractivity contribution < 1.29 is 41.9 Å². The Bertz CT molecular complexity index is 1070. The summed E-state index contributed by atoms with van der Waals surface area (Å²) in [5.74, 6) is -2.46. The second kappa shape index (κ2) is 9.70. The van der Waals surface area contributed by atoms with E-state index in [4.69, 9.17) is 11.1 Å². The van der Waals surface area contributed by atoms with Gasteiger partial charge in [-0.25, -0.2) is 8.42 Å². The number of hydrogen-bond donors (Lipinski definition) is 7. The van der Waals surface area contributed by atoms with Gasteiger partial charge in [0.2, 0.25) is 0 Å². The summed E-state index contributed by atoms with van der Waals surface area (Å²) in [5.41, 5.74) is 5.42. The number of nitrogens with one attached hydrogen (secondary N) is 2. The highest BCUT2D eigenvalue weighted by atomic mass is 32.2. The van der Waals surface area contributed by atoms with Crippen LogP contribution in [0.2, 0.25) is 0 Å². The van der Waals surface area contributed by atoms with Crippen LogP contribution in [0.1, 0.15) is 34.7 Å². The maximum Gasteiger partial charge on any atom is 0.342 e. The molecule has 1 fully saturated rings. The van der Waals surface area contributed by atoms with Crippen molar-refractivity contribution in [3.05, 3.63) is 29.3 Å². The predicted molar refractivity (Wildman–Crippen MR) is 115 cm³/mol. The average Bonchev–Trinajstić information content (AvgIpc) is 2.65. The topological polar surface area (TPSA) is 231 Å². The zero-order valence-corrected chi connectivity index (χ0v) is 19.7. The normalized spacial score (nSPS) is 16.2. The van der Waals surface area contributed by atoms with Crippen molar-refractivity contribution in [2.75, 3.05) is 25.9 Å². The van der Waals surface area contributed by atoms with Crippen molar-refractivity contribution in [2.24, 2.45) is 5.73 Å². The first-order chi connectivity index (χ1) is 14.5. The number of amides is 1. The van der Waals surface area contributed by atoms with Gasteiger partial charge in [0.05, 0.1) is 11.4 Å². The molecule has 0 aliphatic carbocycles. The number of piperidine rings is 1. The molecule has 0 aromatic heterocycles. The molecule has 1 saturated heterocycles. The van der Waals surface area contributed by atoms with Gasteiger partial charge in [0.25, 0.3) is 5.91 Å². The minimum Gasteiger partial charge on any atom is -0.370 e. The standard InChI is InChI=1S/C16H26N4O9P2S/c1-32(28,29)12-4-2-3-11(14(12)10-5-7-19-8-6-10)15(21)20(16(17)18)9-13(30(22,23)24)31(25,26)27/h2-4,10,13,19H,5-9H2,1H3,(H3,17,18)(H2,22,23,24)(H2,25,26,27). The minimum atomic E-state index is -5.41. The number of sulfone groups is 1. The Morgan fingerprint density at radius 1 is 1.22 bits per heavy atom. The van der Waals surface area contributed by atoms with E-state index < -0.39 is 48.8 Å². The first-order valence-corrected chi connectivity index (χ1v) is 14.6. The number of guanidine groups is 1. The second-order valence-electron chi connectivity index (χ2n) is 7.47. The number of nitrogens with two attached hydrogens (primary N) is 1. The SMILES string of the molecule is CS(=O)(=O)c1cccc(C(=O)N(CC(P(=O)(O)O)P(=O)(O)O)C(=N)N)c1C1CCNCC1. The molecule has 0 radical (unpaired) electrons. The summed E-state index contributed by atoms with van der Waals surface area (Å²) in [4.78, 5) is 51.1. The molecule has 1 heterocycles. The van der Waals surface area contributed by atoms with Crippen LogP contribution in [0.25, 0.3) is 0 Å². The van der Waals surface area contributed by atoms with Crippen LogP contribution in [-0.2, 0) is 19.0 Å². The van der Waals surface area contributed by atoms with Crippen LogP contribution in [-0.4, -0.2) is 76.0 Å². The number of carbonyl (C=O) groups is 1. The largest absolute Gasteiger partial charge is 0.370 e. The van der Waals surface area contributed by atoms with Crippen molar-refractivity contribution in [3.8, 4) is 0 Å². The molecule has 0 saturated carbocycles. The number of nitrogens with zero attached hydrogens (tertiary/aromatic N) is 1. The van der Waals surface area contributed by atoms with Gasteiger partial charge >= 0.3 is 15.2 Å². The third kappa shape index (κ3) is 6.24. The smallest absolute Gasteiger partial charge is 0.342 e. The molecule has 2 rings (SSSR count). The van der Waals surface area contributed by atoms with Crippen LogP contribution in [0.5, 0.6) is 0 Å². The van der Waals surface area contributed by atoms with Gasteiger partial charge < -0.3 is 30.6 Å². The lowest BCUT2D eigenvalue weighted by atomic mass is 9.86. The monoisotopic (exact) mass is 512 g/mol. The lowest BCUT2D eigenvalue weighted by Crippen LogP contribution is -2.45. The van der Waals surface area contributed by atoms with E-state index in [1.165, 1.54) is 18.2 Å². The molecule has 1 aromatic rings. The Labute approximate surface area is 184 Å². The van der Waals surface area contributed by atoms with Crippen LogP contribution in [0, 0.1) is 5.41 Å². The van der Waals surface area contributed by atoms with E-state index in [0.717, 1.165) is 6.26 Å². The van der Waals surface area contributed by atoms with Gasteiger partial charge in [-0.1, -0.05) is 6.07 Å². The quantitative estimate of drug-likeness (QED) is 0.141. The van der Waals surface area contributed by atoms with E-state index in [0.29, 0.717) is 30.8 Å². The second-order valence-corrected chi connectivity index (χ2v) is 13.5. The fourth-order valence-electron chi connectivity index (χ4n) is 3.59. The Hall–Kier alpha value is -1.63. The Balaban J connectivity index is 2.63. The van der Waals surface area contributed by atoms with E-state index in [1.54, 1.807) is 0 Å². The average molecular weight is 512 g/mol. The minimum absolute atomic E-state index is 0.111. The Kier molecular flexibility index (Phi) is 8.07. The molecule has 1 aromatic carbocycles. The summed E-state index contributed by atoms with van der Waals surface area (Å²) in [6.07, 6.45) is 1.97. The van der Waals surface area contributed by atoms with Crippen molar-refractivity contribution in [2.45, 2.75) is 29.1 Å². The third-order valence-electron chi connectivity index (χ3n) is 5.10. The highest BCUT2D eigenvalue weighted by Gasteiger charge is 2.46. The van der Waals surface area contributed by atoms with Gasteiger partial charge in [0, 0.05) is 11.8 Å². The number of benzene rings is 1. The highest BCUT2D eigenvalue weighted by Crippen LogP contribution is 2.60. The van der Waals surface area contributed by atoms with E-state index in [2.05, 4.69) is 5.32 Å². The first kappa shape index (κ1) is 26.6. The van der Waals surface area contributed by atoms with Crippen LogP contribution >= 0.6 is 15.2 Å². The molecule has 1 amide bonds. The van der Waals surface area contributed by atoms with E-state index in [9.17, 15) is 41.9 Å². The number of carbonyl (C=O) groups excluding carboxylic acids is 1. The molecule has 16 heteroatoms. The van der Waals surface area contributed by atoms with Gasteiger partial charge in [-0.2, -0.15) is 0 Å². The lowest BCUT2D eigenvalue weighted by Gasteiger charge is -2.30. The molecule has 0 unspecified atom stereocenters. The summed E-state index contributed by atoms with van der Waals surface area (Å²) < 4.78 is 48.1. The molecule has 0 atom stereocenters. The summed E-state index contributed by atoms with van der Waals surface area (Å²) in [5, 5.41) is 8.19. The van der Waals surface area contributed by atoms with Crippen LogP contribution in [0.4, 0.5) is 0 Å².